The minimum absolute atomic E-state index is 0.754. The lowest BCUT2D eigenvalue weighted by Crippen LogP contribution is -2.17. The molecule has 0 atom stereocenters. The zero-order valence-electron chi connectivity index (χ0n) is 11.2. The van der Waals surface area contributed by atoms with Crippen LogP contribution < -0.4 is 0 Å². The number of hydrogen-bond donors (Lipinski definition) is 2. The molecule has 18 heavy (non-hydrogen) atoms. The van der Waals surface area contributed by atoms with E-state index in [9.17, 15) is 5.11 Å². The highest BCUT2D eigenvalue weighted by atomic mass is 16.3. The maximum absolute atomic E-state index is 10.1. The van der Waals surface area contributed by atoms with E-state index >= 15 is 0 Å². The van der Waals surface area contributed by atoms with Crippen molar-refractivity contribution < 1.29 is 10.2 Å². The van der Waals surface area contributed by atoms with Gasteiger partial charge in [-0.1, -0.05) is 36.6 Å². The van der Waals surface area contributed by atoms with Gasteiger partial charge in [-0.25, -0.2) is 0 Å². The van der Waals surface area contributed by atoms with Gasteiger partial charge in [0.1, 0.15) is 6.11 Å². The maximum Gasteiger partial charge on any atom is 0.107 e. The van der Waals surface area contributed by atoms with E-state index in [1.54, 1.807) is 0 Å². The summed E-state index contributed by atoms with van der Waals surface area (Å²) in [5.41, 5.74) is 1.46. The molecule has 0 bridgehead atoms. The molecule has 1 aromatic rings. The summed E-state index contributed by atoms with van der Waals surface area (Å²) in [6.07, 6.45) is 6.84. The molecular formula is C16H22O2. The maximum atomic E-state index is 10.1. The predicted octanol–water partition coefficient (Wildman–Crippen LogP) is 3.35. The molecule has 2 heteroatoms. The zero-order chi connectivity index (χ0) is 13.4. The van der Waals surface area contributed by atoms with Gasteiger partial charge in [0.05, 0.1) is 5.60 Å². The van der Waals surface area contributed by atoms with Gasteiger partial charge < -0.3 is 10.2 Å². The van der Waals surface area contributed by atoms with E-state index in [0.717, 1.165) is 37.7 Å². The van der Waals surface area contributed by atoms with Crippen LogP contribution in [-0.4, -0.2) is 10.2 Å². The third-order valence-electron chi connectivity index (χ3n) is 3.00. The third kappa shape index (κ3) is 4.81. The molecule has 0 aliphatic carbocycles. The first-order valence-electron chi connectivity index (χ1n) is 6.48. The summed E-state index contributed by atoms with van der Waals surface area (Å²) in [6, 6.07) is 8.06. The van der Waals surface area contributed by atoms with Crippen LogP contribution in [0.1, 0.15) is 50.7 Å². The Hall–Kier alpha value is -1.46. The van der Waals surface area contributed by atoms with Crippen LogP contribution in [0.15, 0.2) is 24.3 Å². The molecule has 0 fully saturated rings. The highest BCUT2D eigenvalue weighted by Gasteiger charge is 2.18. The van der Waals surface area contributed by atoms with Gasteiger partial charge in [-0.2, -0.15) is 0 Å². The first-order valence-corrected chi connectivity index (χ1v) is 6.48. The monoisotopic (exact) mass is 246 g/mol. The molecule has 1 rings (SSSR count). The Balaban J connectivity index is 2.49. The van der Waals surface area contributed by atoms with E-state index in [-0.39, 0.29) is 0 Å². The van der Waals surface area contributed by atoms with Gasteiger partial charge in [0, 0.05) is 6.42 Å². The predicted molar refractivity (Wildman–Crippen MR) is 73.6 cm³/mol. The van der Waals surface area contributed by atoms with E-state index in [4.69, 9.17) is 5.11 Å². The van der Waals surface area contributed by atoms with Crippen LogP contribution in [0.25, 0.3) is 0 Å². The second-order valence-electron chi connectivity index (χ2n) is 5.07. The Morgan fingerprint density at radius 1 is 1.11 bits per heavy atom. The van der Waals surface area contributed by atoms with Crippen LogP contribution in [0.2, 0.25) is 0 Å². The number of aliphatic hydroxyl groups is 2. The molecular weight excluding hydrogens is 224 g/mol. The molecule has 1 aromatic carbocycles. The van der Waals surface area contributed by atoms with Crippen LogP contribution in [0.5, 0.6) is 0 Å². The van der Waals surface area contributed by atoms with Gasteiger partial charge in [-0.3, -0.25) is 0 Å². The highest BCUT2D eigenvalue weighted by molar-refractivity contribution is 5.31. The lowest BCUT2D eigenvalue weighted by molar-refractivity contribution is 0.0776. The molecule has 0 saturated carbocycles. The van der Waals surface area contributed by atoms with Crippen molar-refractivity contribution >= 4 is 0 Å². The molecule has 0 aromatic heterocycles. The van der Waals surface area contributed by atoms with Crippen LogP contribution in [-0.2, 0) is 12.0 Å². The summed E-state index contributed by atoms with van der Waals surface area (Å²) in [5, 5.41) is 18.4. The molecule has 0 unspecified atom stereocenters. The molecule has 2 N–H and O–H groups in total. The number of aliphatic hydroxyl groups excluding tert-OH is 1. The molecule has 98 valence electrons. The average Bonchev–Trinajstić information content (AvgIpc) is 2.33. The minimum atomic E-state index is -0.779. The molecule has 0 radical (unpaired) electrons. The molecule has 0 heterocycles. The van der Waals surface area contributed by atoms with E-state index in [2.05, 4.69) is 12.0 Å². The summed E-state index contributed by atoms with van der Waals surface area (Å²) in [6.45, 7) is 3.64. The molecule has 0 aliphatic heterocycles. The Labute approximate surface area is 110 Å². The average molecular weight is 246 g/mol. The van der Waals surface area contributed by atoms with Crippen molar-refractivity contribution in [1.29, 1.82) is 0 Å². The first-order chi connectivity index (χ1) is 8.55. The van der Waals surface area contributed by atoms with Crippen molar-refractivity contribution in [2.24, 2.45) is 0 Å². The van der Waals surface area contributed by atoms with Crippen molar-refractivity contribution in [2.45, 2.75) is 51.6 Å². The van der Waals surface area contributed by atoms with E-state index < -0.39 is 5.60 Å². The highest BCUT2D eigenvalue weighted by Crippen LogP contribution is 2.24. The number of benzene rings is 1. The molecule has 2 nitrogen and oxygen atoms in total. The molecule has 0 saturated heterocycles. The van der Waals surface area contributed by atoms with Crippen molar-refractivity contribution in [3.63, 3.8) is 0 Å². The van der Waals surface area contributed by atoms with Crippen LogP contribution in [0, 0.1) is 12.0 Å². The van der Waals surface area contributed by atoms with Crippen LogP contribution in [0.3, 0.4) is 0 Å². The Bertz CT molecular complexity index is 419. The van der Waals surface area contributed by atoms with E-state index in [1.807, 2.05) is 38.2 Å². The third-order valence-corrected chi connectivity index (χ3v) is 3.00. The van der Waals surface area contributed by atoms with Gasteiger partial charge in [0.15, 0.2) is 0 Å². The van der Waals surface area contributed by atoms with Crippen LogP contribution >= 0.6 is 0 Å². The number of unbranched alkanes of at least 4 members (excludes halogenated alkanes) is 3. The van der Waals surface area contributed by atoms with Gasteiger partial charge in [-0.15, -0.1) is 0 Å². The molecule has 0 amide bonds. The SMILES string of the molecule is CC(C)(O)c1ccccc1CCCCCC#CO. The minimum Gasteiger partial charge on any atom is -0.462 e. The summed E-state index contributed by atoms with van der Waals surface area (Å²) < 4.78 is 0. The standard InChI is InChI=1S/C16H22O2/c1-16(2,18)15-12-8-7-11-14(15)10-6-4-3-5-9-13-17/h7-8,11-12,17-18H,3-6,10H2,1-2H3. The normalized spacial score (nSPS) is 10.8. The Morgan fingerprint density at radius 2 is 1.83 bits per heavy atom. The molecule has 0 spiro atoms. The molecule has 0 aliphatic rings. The second-order valence-corrected chi connectivity index (χ2v) is 5.07. The van der Waals surface area contributed by atoms with Crippen LogP contribution in [0.4, 0.5) is 0 Å². The summed E-state index contributed by atoms with van der Waals surface area (Å²) >= 11 is 0. The van der Waals surface area contributed by atoms with Gasteiger partial charge in [-0.05, 0) is 44.2 Å². The van der Waals surface area contributed by atoms with Crippen molar-refractivity contribution in [2.75, 3.05) is 0 Å². The van der Waals surface area contributed by atoms with E-state index in [1.165, 1.54) is 5.56 Å². The lowest BCUT2D eigenvalue weighted by Gasteiger charge is -2.21. The Morgan fingerprint density at radius 3 is 2.50 bits per heavy atom. The van der Waals surface area contributed by atoms with Gasteiger partial charge in [0.25, 0.3) is 0 Å². The van der Waals surface area contributed by atoms with E-state index in [0.29, 0.717) is 0 Å². The van der Waals surface area contributed by atoms with Crippen molar-refractivity contribution in [1.82, 2.24) is 0 Å². The Kier molecular flexibility index (Phi) is 5.74. The number of aryl methyl sites for hydroxylation is 1. The fourth-order valence-corrected chi connectivity index (χ4v) is 2.10. The largest absolute Gasteiger partial charge is 0.462 e. The number of hydrogen-bond acceptors (Lipinski definition) is 2. The smallest absolute Gasteiger partial charge is 0.107 e. The van der Waals surface area contributed by atoms with Crippen molar-refractivity contribution in [3.8, 4) is 12.0 Å². The lowest BCUT2D eigenvalue weighted by atomic mass is 9.90. The first kappa shape index (κ1) is 14.6. The topological polar surface area (TPSA) is 40.5 Å². The second kappa shape index (κ2) is 7.08. The number of rotatable bonds is 6. The van der Waals surface area contributed by atoms with Gasteiger partial charge >= 0.3 is 0 Å². The summed E-state index contributed by atoms with van der Waals surface area (Å²) in [4.78, 5) is 0. The van der Waals surface area contributed by atoms with Crippen molar-refractivity contribution in [3.05, 3.63) is 35.4 Å². The zero-order valence-corrected chi connectivity index (χ0v) is 11.2. The van der Waals surface area contributed by atoms with Gasteiger partial charge in [0.2, 0.25) is 0 Å². The summed E-state index contributed by atoms with van der Waals surface area (Å²) in [5.74, 6) is 2.65. The fourth-order valence-electron chi connectivity index (χ4n) is 2.10. The quantitative estimate of drug-likeness (QED) is 0.597. The summed E-state index contributed by atoms with van der Waals surface area (Å²) in [7, 11) is 0. The fraction of sp³-hybridized carbons (Fsp3) is 0.500.